The third-order valence-electron chi connectivity index (χ3n) is 2.31. The van der Waals surface area contributed by atoms with Crippen LogP contribution < -0.4 is 10.0 Å². The Morgan fingerprint density at radius 3 is 2.31 bits per heavy atom. The van der Waals surface area contributed by atoms with E-state index in [4.69, 9.17) is 28.4 Å². The van der Waals surface area contributed by atoms with Crippen molar-refractivity contribution < 1.29 is 4.74 Å². The Bertz CT molecular complexity index is 363. The minimum Gasteiger partial charge on any atom is -0.494 e. The van der Waals surface area contributed by atoms with Crippen molar-refractivity contribution in [3.8, 4) is 5.75 Å². The van der Waals surface area contributed by atoms with Crippen LogP contribution in [0.1, 0.15) is 32.6 Å². The SMILES string of the molecule is CCCCCCOc1ccc(P(=S)=S)cc1. The first-order chi connectivity index (χ1) is 7.74. The van der Waals surface area contributed by atoms with Crippen LogP contribution in [0.15, 0.2) is 24.3 Å². The summed E-state index contributed by atoms with van der Waals surface area (Å²) < 4.78 is 5.63. The van der Waals surface area contributed by atoms with Crippen LogP contribution in [0, 0.1) is 0 Å². The quantitative estimate of drug-likeness (QED) is 0.553. The molecule has 0 aliphatic rings. The lowest BCUT2D eigenvalue weighted by molar-refractivity contribution is 0.305. The maximum Gasteiger partial charge on any atom is 0.119 e. The number of rotatable bonds is 7. The maximum atomic E-state index is 5.63. The highest BCUT2D eigenvalue weighted by molar-refractivity contribution is 8.27. The Morgan fingerprint density at radius 1 is 1.06 bits per heavy atom. The summed E-state index contributed by atoms with van der Waals surface area (Å²) in [5.74, 6) is 0.919. The van der Waals surface area contributed by atoms with Gasteiger partial charge in [-0.1, -0.05) is 26.2 Å². The first-order valence-electron chi connectivity index (χ1n) is 5.61. The van der Waals surface area contributed by atoms with Gasteiger partial charge in [-0.25, -0.2) is 0 Å². The first kappa shape index (κ1) is 13.8. The Kier molecular flexibility index (Phi) is 6.86. The molecule has 1 aromatic rings. The Morgan fingerprint density at radius 2 is 1.75 bits per heavy atom. The van der Waals surface area contributed by atoms with Crippen LogP contribution in [-0.4, -0.2) is 6.61 Å². The minimum absolute atomic E-state index is 0.801. The average Bonchev–Trinajstić information content (AvgIpc) is 2.29. The van der Waals surface area contributed by atoms with Gasteiger partial charge in [-0.15, -0.1) is 0 Å². The maximum absolute atomic E-state index is 5.63. The topological polar surface area (TPSA) is 9.23 Å². The van der Waals surface area contributed by atoms with Crippen LogP contribution in [0.5, 0.6) is 5.75 Å². The van der Waals surface area contributed by atoms with Crippen molar-refractivity contribution in [3.63, 3.8) is 0 Å². The van der Waals surface area contributed by atoms with E-state index in [2.05, 4.69) is 6.92 Å². The molecule has 1 nitrogen and oxygen atoms in total. The van der Waals surface area contributed by atoms with E-state index in [1.807, 2.05) is 24.3 Å². The van der Waals surface area contributed by atoms with Gasteiger partial charge in [-0.3, -0.25) is 0 Å². The van der Waals surface area contributed by atoms with Gasteiger partial charge in [0.15, 0.2) is 0 Å². The van der Waals surface area contributed by atoms with E-state index in [0.29, 0.717) is 0 Å². The number of unbranched alkanes of at least 4 members (excludes halogenated alkanes) is 3. The highest BCUT2D eigenvalue weighted by Crippen LogP contribution is 2.13. The smallest absolute Gasteiger partial charge is 0.119 e. The van der Waals surface area contributed by atoms with E-state index < -0.39 is 5.47 Å². The average molecular weight is 272 g/mol. The monoisotopic (exact) mass is 272 g/mol. The van der Waals surface area contributed by atoms with Crippen molar-refractivity contribution >= 4 is 34.4 Å². The first-order valence-corrected chi connectivity index (χ1v) is 8.98. The molecule has 0 saturated carbocycles. The van der Waals surface area contributed by atoms with Crippen molar-refractivity contribution in [3.05, 3.63) is 24.3 Å². The molecule has 4 heteroatoms. The van der Waals surface area contributed by atoms with Gasteiger partial charge < -0.3 is 4.74 Å². The van der Waals surface area contributed by atoms with Crippen LogP contribution in [0.2, 0.25) is 0 Å². The van der Waals surface area contributed by atoms with Crippen LogP contribution >= 0.6 is 5.47 Å². The third-order valence-corrected chi connectivity index (χ3v) is 4.30. The lowest BCUT2D eigenvalue weighted by Crippen LogP contribution is -1.98. The van der Waals surface area contributed by atoms with Gasteiger partial charge in [0.1, 0.15) is 5.75 Å². The summed E-state index contributed by atoms with van der Waals surface area (Å²) in [5, 5.41) is 1.07. The van der Waals surface area contributed by atoms with Gasteiger partial charge in [0, 0.05) is 10.8 Å². The van der Waals surface area contributed by atoms with Crippen LogP contribution in [0.3, 0.4) is 0 Å². The second-order valence-electron chi connectivity index (χ2n) is 3.66. The molecule has 1 aromatic carbocycles. The Hall–Kier alpha value is -0.240. The second-order valence-corrected chi connectivity index (χ2v) is 7.58. The normalized spacial score (nSPS) is 10.1. The van der Waals surface area contributed by atoms with Gasteiger partial charge in [-0.05, 0) is 54.3 Å². The van der Waals surface area contributed by atoms with Gasteiger partial charge in [-0.2, -0.15) is 0 Å². The predicted octanol–water partition coefficient (Wildman–Crippen LogP) is 3.68. The standard InChI is InChI=1S/C12H17OPS2/c1-2-3-4-5-10-13-11-6-8-12(9-7-11)14(15)16/h6-9H,2-5,10H2,1H3. The second kappa shape index (κ2) is 7.94. The predicted molar refractivity (Wildman–Crippen MR) is 77.4 cm³/mol. The molecule has 0 aliphatic carbocycles. The molecule has 88 valence electrons. The molecule has 0 spiro atoms. The van der Waals surface area contributed by atoms with Crippen molar-refractivity contribution in [1.82, 2.24) is 0 Å². The van der Waals surface area contributed by atoms with Gasteiger partial charge >= 0.3 is 0 Å². The van der Waals surface area contributed by atoms with Crippen molar-refractivity contribution in [2.45, 2.75) is 32.6 Å². The summed E-state index contributed by atoms with van der Waals surface area (Å²) in [6.45, 7) is 3.01. The molecular weight excluding hydrogens is 255 g/mol. The summed E-state index contributed by atoms with van der Waals surface area (Å²) >= 11 is 10.1. The van der Waals surface area contributed by atoms with Gasteiger partial charge in [0.05, 0.1) is 6.61 Å². The molecule has 0 heterocycles. The molecular formula is C12H17OPS2. The zero-order valence-corrected chi connectivity index (χ0v) is 12.0. The Balaban J connectivity index is 2.32. The molecule has 0 saturated heterocycles. The van der Waals surface area contributed by atoms with Gasteiger partial charge in [0.25, 0.3) is 0 Å². The van der Waals surface area contributed by atoms with Crippen LogP contribution in [0.25, 0.3) is 0 Å². The summed E-state index contributed by atoms with van der Waals surface area (Å²) in [6.07, 6.45) is 4.93. The summed E-state index contributed by atoms with van der Waals surface area (Å²) in [5.41, 5.74) is -0.818. The minimum atomic E-state index is -0.818. The van der Waals surface area contributed by atoms with E-state index >= 15 is 0 Å². The molecule has 0 aromatic heterocycles. The van der Waals surface area contributed by atoms with E-state index in [9.17, 15) is 0 Å². The van der Waals surface area contributed by atoms with Gasteiger partial charge in [0.2, 0.25) is 0 Å². The highest BCUT2D eigenvalue weighted by Gasteiger charge is 1.95. The third kappa shape index (κ3) is 5.20. The number of hydrogen-bond donors (Lipinski definition) is 0. The Labute approximate surface area is 108 Å². The van der Waals surface area contributed by atoms with E-state index in [1.54, 1.807) is 0 Å². The fourth-order valence-corrected chi connectivity index (χ4v) is 2.51. The number of hydrogen-bond acceptors (Lipinski definition) is 3. The van der Waals surface area contributed by atoms with E-state index in [0.717, 1.165) is 24.1 Å². The summed E-state index contributed by atoms with van der Waals surface area (Å²) in [7, 11) is 0. The van der Waals surface area contributed by atoms with Crippen molar-refractivity contribution in [2.75, 3.05) is 6.61 Å². The fraction of sp³-hybridized carbons (Fsp3) is 0.500. The van der Waals surface area contributed by atoms with Crippen molar-refractivity contribution in [1.29, 1.82) is 0 Å². The molecule has 0 N–H and O–H groups in total. The largest absolute Gasteiger partial charge is 0.494 e. The fourth-order valence-electron chi connectivity index (χ4n) is 1.38. The highest BCUT2D eigenvalue weighted by atomic mass is 32.7. The molecule has 16 heavy (non-hydrogen) atoms. The lowest BCUT2D eigenvalue weighted by Gasteiger charge is -2.05. The molecule has 0 fully saturated rings. The molecule has 0 atom stereocenters. The summed E-state index contributed by atoms with van der Waals surface area (Å²) in [6, 6.07) is 7.88. The lowest BCUT2D eigenvalue weighted by atomic mass is 10.2. The molecule has 1 rings (SSSR count). The van der Waals surface area contributed by atoms with Crippen LogP contribution in [-0.2, 0) is 23.6 Å². The zero-order chi connectivity index (χ0) is 11.8. The zero-order valence-electron chi connectivity index (χ0n) is 9.52. The summed E-state index contributed by atoms with van der Waals surface area (Å²) in [4.78, 5) is 0. The number of ether oxygens (including phenoxy) is 1. The van der Waals surface area contributed by atoms with Crippen molar-refractivity contribution in [2.24, 2.45) is 0 Å². The van der Waals surface area contributed by atoms with E-state index in [-0.39, 0.29) is 0 Å². The number of benzene rings is 1. The molecule has 0 radical (unpaired) electrons. The molecule has 0 aliphatic heterocycles. The van der Waals surface area contributed by atoms with E-state index in [1.165, 1.54) is 19.3 Å². The molecule has 0 amide bonds. The van der Waals surface area contributed by atoms with Crippen LogP contribution in [0.4, 0.5) is 0 Å². The molecule has 0 bridgehead atoms. The molecule has 0 unspecified atom stereocenters.